The van der Waals surface area contributed by atoms with Crippen LogP contribution in [0.2, 0.25) is 0 Å². The Kier molecular flexibility index (Phi) is 4.65. The maximum absolute atomic E-state index is 12.0. The number of thioether (sulfide) groups is 1. The van der Waals surface area contributed by atoms with E-state index in [-0.39, 0.29) is 5.91 Å². The Morgan fingerprint density at radius 2 is 1.85 bits per heavy atom. The highest BCUT2D eigenvalue weighted by atomic mass is 32.2. The first-order valence-electron chi connectivity index (χ1n) is 6.20. The van der Waals surface area contributed by atoms with Crippen LogP contribution in [0, 0.1) is 6.92 Å². The number of carbonyl (C=O) groups excluding carboxylic acids is 1. The minimum Gasteiger partial charge on any atom is -0.398 e. The predicted octanol–water partition coefficient (Wildman–Crippen LogP) is 2.40. The Balaban J connectivity index is 2.34. The summed E-state index contributed by atoms with van der Waals surface area (Å²) in [4.78, 5) is 12.9. The number of benzene rings is 2. The van der Waals surface area contributed by atoms with Crippen LogP contribution >= 0.6 is 11.8 Å². The van der Waals surface area contributed by atoms with Crippen molar-refractivity contribution in [3.8, 4) is 0 Å². The SMILES string of the molecule is Cc1cccc(SC(C(=O)NN)c2ccccc2)c1N. The maximum atomic E-state index is 12.0. The van der Waals surface area contributed by atoms with E-state index in [0.29, 0.717) is 5.69 Å². The molecule has 1 atom stereocenters. The molecule has 0 aromatic heterocycles. The van der Waals surface area contributed by atoms with E-state index in [4.69, 9.17) is 11.6 Å². The first-order valence-corrected chi connectivity index (χ1v) is 7.08. The van der Waals surface area contributed by atoms with Gasteiger partial charge in [-0.3, -0.25) is 10.2 Å². The van der Waals surface area contributed by atoms with Crippen LogP contribution in [0.15, 0.2) is 53.4 Å². The van der Waals surface area contributed by atoms with Crippen LogP contribution in [0.1, 0.15) is 16.4 Å². The molecule has 0 saturated carbocycles. The van der Waals surface area contributed by atoms with E-state index in [2.05, 4.69) is 5.43 Å². The van der Waals surface area contributed by atoms with Crippen molar-refractivity contribution < 1.29 is 4.79 Å². The van der Waals surface area contributed by atoms with Gasteiger partial charge in [-0.15, -0.1) is 11.8 Å². The van der Waals surface area contributed by atoms with Gasteiger partial charge in [0.2, 0.25) is 0 Å². The number of nitrogens with two attached hydrogens (primary N) is 2. The zero-order chi connectivity index (χ0) is 14.5. The number of para-hydroxylation sites is 1. The Morgan fingerprint density at radius 3 is 2.50 bits per heavy atom. The fourth-order valence-electron chi connectivity index (χ4n) is 1.86. The minimum atomic E-state index is -0.426. The van der Waals surface area contributed by atoms with Crippen LogP contribution in [-0.4, -0.2) is 5.91 Å². The van der Waals surface area contributed by atoms with Crippen LogP contribution < -0.4 is 17.0 Å². The second-order valence-electron chi connectivity index (χ2n) is 4.40. The number of amides is 1. The molecule has 5 heteroatoms. The lowest BCUT2D eigenvalue weighted by Gasteiger charge is -2.17. The zero-order valence-electron chi connectivity index (χ0n) is 11.2. The topological polar surface area (TPSA) is 81.1 Å². The number of aryl methyl sites for hydroxylation is 1. The quantitative estimate of drug-likeness (QED) is 0.265. The molecule has 0 aliphatic rings. The predicted molar refractivity (Wildman–Crippen MR) is 83.0 cm³/mol. The summed E-state index contributed by atoms with van der Waals surface area (Å²) in [6.45, 7) is 1.94. The van der Waals surface area contributed by atoms with Crippen LogP contribution in [0.5, 0.6) is 0 Å². The smallest absolute Gasteiger partial charge is 0.251 e. The molecule has 1 unspecified atom stereocenters. The molecule has 2 aromatic rings. The molecule has 0 spiro atoms. The van der Waals surface area contributed by atoms with Gasteiger partial charge < -0.3 is 5.73 Å². The molecule has 0 heterocycles. The second-order valence-corrected chi connectivity index (χ2v) is 5.55. The van der Waals surface area contributed by atoms with Gasteiger partial charge in [-0.1, -0.05) is 42.5 Å². The molecule has 20 heavy (non-hydrogen) atoms. The second kappa shape index (κ2) is 6.45. The van der Waals surface area contributed by atoms with Gasteiger partial charge in [0.15, 0.2) is 0 Å². The normalized spacial score (nSPS) is 11.9. The highest BCUT2D eigenvalue weighted by Gasteiger charge is 2.22. The number of nitrogen functional groups attached to an aromatic ring is 1. The van der Waals surface area contributed by atoms with Gasteiger partial charge in [-0.25, -0.2) is 5.84 Å². The van der Waals surface area contributed by atoms with Crippen LogP contribution in [0.4, 0.5) is 5.69 Å². The molecule has 0 aliphatic heterocycles. The van der Waals surface area contributed by atoms with Gasteiger partial charge in [0.25, 0.3) is 5.91 Å². The lowest BCUT2D eigenvalue weighted by atomic mass is 10.1. The fraction of sp³-hybridized carbons (Fsp3) is 0.133. The average molecular weight is 287 g/mol. The summed E-state index contributed by atoms with van der Waals surface area (Å²) in [5, 5.41) is -0.426. The van der Waals surface area contributed by atoms with Gasteiger partial charge in [-0.2, -0.15) is 0 Å². The van der Waals surface area contributed by atoms with Crippen LogP contribution in [0.3, 0.4) is 0 Å². The monoisotopic (exact) mass is 287 g/mol. The average Bonchev–Trinajstić information content (AvgIpc) is 2.49. The molecule has 2 rings (SSSR count). The van der Waals surface area contributed by atoms with E-state index in [0.717, 1.165) is 16.0 Å². The van der Waals surface area contributed by atoms with Crippen molar-refractivity contribution in [2.24, 2.45) is 5.84 Å². The maximum Gasteiger partial charge on any atom is 0.251 e. The Hall–Kier alpha value is -1.98. The van der Waals surface area contributed by atoms with E-state index >= 15 is 0 Å². The van der Waals surface area contributed by atoms with Crippen molar-refractivity contribution in [1.82, 2.24) is 5.43 Å². The lowest BCUT2D eigenvalue weighted by Crippen LogP contribution is -2.33. The first-order chi connectivity index (χ1) is 9.63. The summed E-state index contributed by atoms with van der Waals surface area (Å²) in [7, 11) is 0. The number of hydrogen-bond acceptors (Lipinski definition) is 4. The molecule has 0 fully saturated rings. The Labute approximate surface area is 122 Å². The van der Waals surface area contributed by atoms with E-state index in [1.165, 1.54) is 11.8 Å². The largest absolute Gasteiger partial charge is 0.398 e. The van der Waals surface area contributed by atoms with E-state index in [1.54, 1.807) is 0 Å². The molecular formula is C15H17N3OS. The van der Waals surface area contributed by atoms with Crippen LogP contribution in [0.25, 0.3) is 0 Å². The third-order valence-electron chi connectivity index (χ3n) is 3.01. The molecular weight excluding hydrogens is 270 g/mol. The number of carbonyl (C=O) groups is 1. The lowest BCUT2D eigenvalue weighted by molar-refractivity contribution is -0.120. The summed E-state index contributed by atoms with van der Waals surface area (Å²) in [6.07, 6.45) is 0. The van der Waals surface area contributed by atoms with E-state index in [9.17, 15) is 4.79 Å². The summed E-state index contributed by atoms with van der Waals surface area (Å²) in [6, 6.07) is 15.3. The summed E-state index contributed by atoms with van der Waals surface area (Å²) >= 11 is 1.40. The van der Waals surface area contributed by atoms with Gasteiger partial charge >= 0.3 is 0 Å². The van der Waals surface area contributed by atoms with Crippen LogP contribution in [-0.2, 0) is 4.79 Å². The molecule has 0 saturated heterocycles. The first kappa shape index (κ1) is 14.4. The van der Waals surface area contributed by atoms with Crippen molar-refractivity contribution in [2.45, 2.75) is 17.1 Å². The summed E-state index contributed by atoms with van der Waals surface area (Å²) in [5.41, 5.74) is 10.9. The number of hydrazine groups is 1. The van der Waals surface area contributed by atoms with Gasteiger partial charge in [-0.05, 0) is 24.1 Å². The van der Waals surface area contributed by atoms with Crippen molar-refractivity contribution in [1.29, 1.82) is 0 Å². The number of rotatable bonds is 4. The summed E-state index contributed by atoms with van der Waals surface area (Å²) in [5.74, 6) is 5.04. The summed E-state index contributed by atoms with van der Waals surface area (Å²) < 4.78 is 0. The number of nitrogens with one attached hydrogen (secondary N) is 1. The minimum absolute atomic E-state index is 0.248. The molecule has 4 nitrogen and oxygen atoms in total. The molecule has 2 aromatic carbocycles. The molecule has 0 bridgehead atoms. The molecule has 104 valence electrons. The number of hydrogen-bond donors (Lipinski definition) is 3. The molecule has 0 radical (unpaired) electrons. The van der Waals surface area contributed by atoms with Gasteiger partial charge in [0.05, 0.1) is 0 Å². The standard InChI is InChI=1S/C15H17N3OS/c1-10-6-5-9-12(13(10)16)20-14(15(19)18-17)11-7-3-2-4-8-11/h2-9,14H,16-17H2,1H3,(H,18,19). The third kappa shape index (κ3) is 3.12. The number of anilines is 1. The Bertz CT molecular complexity index is 601. The van der Waals surface area contributed by atoms with Crippen molar-refractivity contribution in [2.75, 3.05) is 5.73 Å². The zero-order valence-corrected chi connectivity index (χ0v) is 12.0. The highest BCUT2D eigenvalue weighted by Crippen LogP contribution is 2.38. The fourth-order valence-corrected chi connectivity index (χ4v) is 3.03. The third-order valence-corrected chi connectivity index (χ3v) is 4.34. The molecule has 5 N–H and O–H groups in total. The molecule has 1 amide bonds. The van der Waals surface area contributed by atoms with Crippen molar-refractivity contribution >= 4 is 23.4 Å². The molecule has 0 aliphatic carbocycles. The van der Waals surface area contributed by atoms with E-state index in [1.807, 2.05) is 55.5 Å². The highest BCUT2D eigenvalue weighted by molar-refractivity contribution is 8.00. The Morgan fingerprint density at radius 1 is 1.15 bits per heavy atom. The van der Waals surface area contributed by atoms with Gasteiger partial charge in [0, 0.05) is 10.6 Å². The van der Waals surface area contributed by atoms with Gasteiger partial charge in [0.1, 0.15) is 5.25 Å². The van der Waals surface area contributed by atoms with Crippen molar-refractivity contribution in [3.63, 3.8) is 0 Å². The van der Waals surface area contributed by atoms with Crippen molar-refractivity contribution in [3.05, 3.63) is 59.7 Å². The van der Waals surface area contributed by atoms with E-state index < -0.39 is 5.25 Å².